The molecule has 1 aliphatic heterocycles. The molecule has 4 heteroatoms. The van der Waals surface area contributed by atoms with Crippen molar-refractivity contribution in [1.29, 1.82) is 0 Å². The lowest BCUT2D eigenvalue weighted by atomic mass is 10.2. The summed E-state index contributed by atoms with van der Waals surface area (Å²) in [6.07, 6.45) is 4.67. The highest BCUT2D eigenvalue weighted by atomic mass is 16.3. The third-order valence-corrected chi connectivity index (χ3v) is 3.78. The van der Waals surface area contributed by atoms with Crippen molar-refractivity contribution in [3.63, 3.8) is 0 Å². The number of amides is 1. The molecular weight excluding hydrogens is 228 g/mol. The molecule has 4 nitrogen and oxygen atoms in total. The summed E-state index contributed by atoms with van der Waals surface area (Å²) >= 11 is 0. The fraction of sp³-hybridized carbons (Fsp3) is 0.643. The van der Waals surface area contributed by atoms with Crippen molar-refractivity contribution in [1.82, 2.24) is 10.2 Å². The summed E-state index contributed by atoms with van der Waals surface area (Å²) in [5.74, 6) is 1.34. The number of nitrogens with one attached hydrogen (secondary N) is 1. The fourth-order valence-electron chi connectivity index (χ4n) is 2.62. The van der Waals surface area contributed by atoms with E-state index in [-0.39, 0.29) is 5.91 Å². The van der Waals surface area contributed by atoms with Crippen LogP contribution in [0, 0.1) is 6.92 Å². The van der Waals surface area contributed by atoms with Gasteiger partial charge in [-0.3, -0.25) is 4.79 Å². The zero-order valence-corrected chi connectivity index (χ0v) is 10.8. The van der Waals surface area contributed by atoms with Crippen LogP contribution < -0.4 is 5.32 Å². The van der Waals surface area contributed by atoms with Crippen LogP contribution in [0.5, 0.6) is 0 Å². The molecule has 1 amide bonds. The summed E-state index contributed by atoms with van der Waals surface area (Å²) in [6, 6.07) is 4.54. The molecule has 3 rings (SSSR count). The molecule has 18 heavy (non-hydrogen) atoms. The van der Waals surface area contributed by atoms with Gasteiger partial charge in [-0.2, -0.15) is 0 Å². The van der Waals surface area contributed by atoms with Gasteiger partial charge in [-0.25, -0.2) is 0 Å². The van der Waals surface area contributed by atoms with Crippen LogP contribution in [0.4, 0.5) is 0 Å². The van der Waals surface area contributed by atoms with E-state index < -0.39 is 0 Å². The van der Waals surface area contributed by atoms with Gasteiger partial charge in [-0.1, -0.05) is 0 Å². The van der Waals surface area contributed by atoms with E-state index in [1.165, 1.54) is 12.8 Å². The fourth-order valence-corrected chi connectivity index (χ4v) is 2.62. The van der Waals surface area contributed by atoms with E-state index in [2.05, 4.69) is 5.32 Å². The molecule has 1 saturated heterocycles. The van der Waals surface area contributed by atoms with E-state index in [4.69, 9.17) is 4.42 Å². The Labute approximate surface area is 107 Å². The second-order valence-corrected chi connectivity index (χ2v) is 5.39. The van der Waals surface area contributed by atoms with Gasteiger partial charge < -0.3 is 14.6 Å². The average molecular weight is 248 g/mol. The van der Waals surface area contributed by atoms with Crippen LogP contribution in [0.2, 0.25) is 0 Å². The van der Waals surface area contributed by atoms with Gasteiger partial charge >= 0.3 is 0 Å². The first-order chi connectivity index (χ1) is 8.74. The Bertz CT molecular complexity index is 431. The summed E-state index contributed by atoms with van der Waals surface area (Å²) in [4.78, 5) is 14.4. The smallest absolute Gasteiger partial charge is 0.289 e. The molecule has 0 radical (unpaired) electrons. The summed E-state index contributed by atoms with van der Waals surface area (Å²) in [7, 11) is 0. The standard InChI is InChI=1S/C14H20N2O2/c1-10-4-7-13(18-10)14(17)16(12-5-6-12)9-11-3-2-8-15-11/h4,7,11-12,15H,2-3,5-6,8-9H2,1H3. The minimum atomic E-state index is 0.0549. The minimum Gasteiger partial charge on any atom is -0.456 e. The van der Waals surface area contributed by atoms with Crippen LogP contribution in [-0.2, 0) is 0 Å². The number of nitrogens with zero attached hydrogens (tertiary/aromatic N) is 1. The Morgan fingerprint density at radius 1 is 1.44 bits per heavy atom. The molecule has 2 aliphatic rings. The number of rotatable bonds is 4. The summed E-state index contributed by atoms with van der Waals surface area (Å²) in [6.45, 7) is 3.78. The summed E-state index contributed by atoms with van der Waals surface area (Å²) in [5, 5.41) is 3.46. The van der Waals surface area contributed by atoms with Crippen molar-refractivity contribution >= 4 is 5.91 Å². The van der Waals surface area contributed by atoms with Crippen LogP contribution in [0.25, 0.3) is 0 Å². The van der Waals surface area contributed by atoms with Crippen LogP contribution >= 0.6 is 0 Å². The molecule has 98 valence electrons. The lowest BCUT2D eigenvalue weighted by Crippen LogP contribution is -2.42. The first kappa shape index (κ1) is 11.8. The topological polar surface area (TPSA) is 45.5 Å². The predicted octanol–water partition coefficient (Wildman–Crippen LogP) is 1.94. The Balaban J connectivity index is 1.70. The third-order valence-electron chi connectivity index (χ3n) is 3.78. The first-order valence-electron chi connectivity index (χ1n) is 6.85. The first-order valence-corrected chi connectivity index (χ1v) is 6.85. The number of carbonyl (C=O) groups is 1. The van der Waals surface area contributed by atoms with Gasteiger partial charge in [0.05, 0.1) is 0 Å². The molecule has 0 bridgehead atoms. The van der Waals surface area contributed by atoms with Gasteiger partial charge in [0, 0.05) is 18.6 Å². The van der Waals surface area contributed by atoms with Crippen molar-refractivity contribution in [2.24, 2.45) is 0 Å². The van der Waals surface area contributed by atoms with E-state index in [0.717, 1.165) is 31.7 Å². The van der Waals surface area contributed by atoms with E-state index in [1.54, 1.807) is 6.07 Å². The molecular formula is C14H20N2O2. The van der Waals surface area contributed by atoms with Gasteiger partial charge in [-0.05, 0) is 51.3 Å². The average Bonchev–Trinajstić information content (AvgIpc) is 2.88. The molecule has 1 aliphatic carbocycles. The molecule has 1 aromatic rings. The zero-order valence-electron chi connectivity index (χ0n) is 10.8. The van der Waals surface area contributed by atoms with E-state index in [0.29, 0.717) is 17.8 Å². The van der Waals surface area contributed by atoms with Crippen LogP contribution in [0.3, 0.4) is 0 Å². The summed E-state index contributed by atoms with van der Waals surface area (Å²) < 4.78 is 5.46. The quantitative estimate of drug-likeness (QED) is 0.885. The molecule has 0 aromatic carbocycles. The molecule has 1 atom stereocenters. The number of carbonyl (C=O) groups excluding carboxylic acids is 1. The molecule has 1 unspecified atom stereocenters. The van der Waals surface area contributed by atoms with Crippen molar-refractivity contribution in [2.75, 3.05) is 13.1 Å². The Morgan fingerprint density at radius 3 is 2.83 bits per heavy atom. The van der Waals surface area contributed by atoms with Gasteiger partial charge in [-0.15, -0.1) is 0 Å². The Morgan fingerprint density at radius 2 is 2.28 bits per heavy atom. The number of hydrogen-bond acceptors (Lipinski definition) is 3. The molecule has 2 heterocycles. The lowest BCUT2D eigenvalue weighted by Gasteiger charge is -2.24. The van der Waals surface area contributed by atoms with E-state index in [9.17, 15) is 4.79 Å². The van der Waals surface area contributed by atoms with Crippen LogP contribution in [0.15, 0.2) is 16.5 Å². The van der Waals surface area contributed by atoms with Crippen molar-refractivity contribution < 1.29 is 9.21 Å². The van der Waals surface area contributed by atoms with Crippen molar-refractivity contribution in [2.45, 2.75) is 44.7 Å². The van der Waals surface area contributed by atoms with Gasteiger partial charge in [0.25, 0.3) is 5.91 Å². The Kier molecular flexibility index (Phi) is 3.12. The normalized spacial score (nSPS) is 23.3. The predicted molar refractivity (Wildman–Crippen MR) is 68.5 cm³/mol. The molecule has 1 aromatic heterocycles. The molecule has 1 saturated carbocycles. The van der Waals surface area contributed by atoms with Gasteiger partial charge in [0.1, 0.15) is 5.76 Å². The Hall–Kier alpha value is -1.29. The van der Waals surface area contributed by atoms with Crippen LogP contribution in [0.1, 0.15) is 42.0 Å². The highest BCUT2D eigenvalue weighted by Crippen LogP contribution is 2.29. The second-order valence-electron chi connectivity index (χ2n) is 5.39. The number of aryl methyl sites for hydroxylation is 1. The highest BCUT2D eigenvalue weighted by Gasteiger charge is 2.35. The second kappa shape index (κ2) is 4.76. The van der Waals surface area contributed by atoms with E-state index >= 15 is 0 Å². The maximum absolute atomic E-state index is 12.4. The largest absolute Gasteiger partial charge is 0.456 e. The monoisotopic (exact) mass is 248 g/mol. The number of hydrogen-bond donors (Lipinski definition) is 1. The molecule has 2 fully saturated rings. The third kappa shape index (κ3) is 2.43. The minimum absolute atomic E-state index is 0.0549. The molecule has 1 N–H and O–H groups in total. The number of furan rings is 1. The van der Waals surface area contributed by atoms with Gasteiger partial charge in [0.2, 0.25) is 0 Å². The molecule has 0 spiro atoms. The van der Waals surface area contributed by atoms with Gasteiger partial charge in [0.15, 0.2) is 5.76 Å². The zero-order chi connectivity index (χ0) is 12.5. The van der Waals surface area contributed by atoms with E-state index in [1.807, 2.05) is 17.9 Å². The van der Waals surface area contributed by atoms with Crippen molar-refractivity contribution in [3.05, 3.63) is 23.7 Å². The maximum atomic E-state index is 12.4. The highest BCUT2D eigenvalue weighted by molar-refractivity contribution is 5.92. The lowest BCUT2D eigenvalue weighted by molar-refractivity contribution is 0.0695. The SMILES string of the molecule is Cc1ccc(C(=O)N(CC2CCCN2)C2CC2)o1. The maximum Gasteiger partial charge on any atom is 0.289 e. The summed E-state index contributed by atoms with van der Waals surface area (Å²) in [5.41, 5.74) is 0. The van der Waals surface area contributed by atoms with Crippen molar-refractivity contribution in [3.8, 4) is 0 Å². The van der Waals surface area contributed by atoms with Crippen LogP contribution in [-0.4, -0.2) is 36.0 Å².